The summed E-state index contributed by atoms with van der Waals surface area (Å²) in [6.07, 6.45) is 0.552. The predicted molar refractivity (Wildman–Crippen MR) is 60.8 cm³/mol. The number of amides is 1. The van der Waals surface area contributed by atoms with Gasteiger partial charge in [-0.05, 0) is 6.92 Å². The number of non-ortho nitro benzene ring substituents is 1. The first-order valence-electron chi connectivity index (χ1n) is 4.86. The standard InChI is InChI=1S/C10H11N3O4/c1-2-11-10(14)17-12-7-8-4-3-5-9(6-8)13(15)16/h3-7H,2H2,1H3,(H,11,14). The Balaban J connectivity index is 2.62. The van der Waals surface area contributed by atoms with E-state index >= 15 is 0 Å². The Morgan fingerprint density at radius 2 is 2.41 bits per heavy atom. The van der Waals surface area contributed by atoms with Crippen molar-refractivity contribution in [3.05, 3.63) is 39.9 Å². The molecule has 0 spiro atoms. The molecule has 1 amide bonds. The molecule has 0 bridgehead atoms. The number of hydrogen-bond acceptors (Lipinski definition) is 5. The fraction of sp³-hybridized carbons (Fsp3) is 0.200. The summed E-state index contributed by atoms with van der Waals surface area (Å²) >= 11 is 0. The van der Waals surface area contributed by atoms with Crippen molar-refractivity contribution in [3.63, 3.8) is 0 Å². The van der Waals surface area contributed by atoms with E-state index in [9.17, 15) is 14.9 Å². The molecule has 0 radical (unpaired) electrons. The zero-order valence-electron chi connectivity index (χ0n) is 9.12. The summed E-state index contributed by atoms with van der Waals surface area (Å²) in [6, 6.07) is 5.82. The van der Waals surface area contributed by atoms with Crippen molar-refractivity contribution in [2.24, 2.45) is 5.16 Å². The number of nitro groups is 1. The van der Waals surface area contributed by atoms with Crippen molar-refractivity contribution in [1.29, 1.82) is 0 Å². The SMILES string of the molecule is CCNC(=O)ON=Cc1cccc([N+](=O)[O-])c1. The molecule has 1 aromatic rings. The van der Waals surface area contributed by atoms with Crippen molar-refractivity contribution < 1.29 is 14.6 Å². The number of nitrogens with zero attached hydrogens (tertiary/aromatic N) is 2. The fourth-order valence-electron chi connectivity index (χ4n) is 1.03. The van der Waals surface area contributed by atoms with Crippen LogP contribution in [0.2, 0.25) is 0 Å². The topological polar surface area (TPSA) is 93.8 Å². The normalized spacial score (nSPS) is 10.2. The number of nitrogens with one attached hydrogen (secondary N) is 1. The molecule has 7 nitrogen and oxygen atoms in total. The molecular weight excluding hydrogens is 226 g/mol. The third-order valence-electron chi connectivity index (χ3n) is 1.74. The second kappa shape index (κ2) is 6.21. The summed E-state index contributed by atoms with van der Waals surface area (Å²) in [5.41, 5.74) is 0.426. The van der Waals surface area contributed by atoms with Gasteiger partial charge in [0.2, 0.25) is 0 Å². The van der Waals surface area contributed by atoms with Gasteiger partial charge < -0.3 is 5.32 Å². The highest BCUT2D eigenvalue weighted by Gasteiger charge is 2.04. The lowest BCUT2D eigenvalue weighted by Gasteiger charge is -1.97. The number of benzene rings is 1. The van der Waals surface area contributed by atoms with Crippen LogP contribution in [0.3, 0.4) is 0 Å². The third kappa shape index (κ3) is 4.29. The number of rotatable bonds is 4. The van der Waals surface area contributed by atoms with E-state index in [1.165, 1.54) is 24.4 Å². The van der Waals surface area contributed by atoms with Gasteiger partial charge in [0.25, 0.3) is 5.69 Å². The van der Waals surface area contributed by atoms with E-state index in [4.69, 9.17) is 0 Å². The zero-order chi connectivity index (χ0) is 12.7. The Kier molecular flexibility index (Phi) is 4.61. The van der Waals surface area contributed by atoms with Crippen LogP contribution in [0.5, 0.6) is 0 Å². The average molecular weight is 237 g/mol. The molecule has 0 unspecified atom stereocenters. The summed E-state index contributed by atoms with van der Waals surface area (Å²) in [5.74, 6) is 0. The van der Waals surface area contributed by atoms with Gasteiger partial charge in [-0.1, -0.05) is 17.3 Å². The molecule has 0 aliphatic heterocycles. The summed E-state index contributed by atoms with van der Waals surface area (Å²) in [4.78, 5) is 25.3. The molecule has 17 heavy (non-hydrogen) atoms. The highest BCUT2D eigenvalue weighted by molar-refractivity contribution is 5.81. The minimum Gasteiger partial charge on any atom is -0.320 e. The molecule has 0 aromatic heterocycles. The third-order valence-corrected chi connectivity index (χ3v) is 1.74. The predicted octanol–water partition coefficient (Wildman–Crippen LogP) is 1.67. The van der Waals surface area contributed by atoms with Crippen LogP contribution in [0.25, 0.3) is 0 Å². The first-order valence-corrected chi connectivity index (χ1v) is 4.86. The number of hydrogen-bond donors (Lipinski definition) is 1. The van der Waals surface area contributed by atoms with Crippen LogP contribution < -0.4 is 5.32 Å². The largest absolute Gasteiger partial charge is 0.433 e. The van der Waals surface area contributed by atoms with E-state index < -0.39 is 11.0 Å². The molecule has 7 heteroatoms. The molecular formula is C10H11N3O4. The maximum Gasteiger partial charge on any atom is 0.433 e. The van der Waals surface area contributed by atoms with E-state index in [1.54, 1.807) is 13.0 Å². The Bertz CT molecular complexity index is 445. The molecule has 0 fully saturated rings. The van der Waals surface area contributed by atoms with E-state index in [-0.39, 0.29) is 5.69 Å². The molecule has 0 heterocycles. The van der Waals surface area contributed by atoms with Crippen molar-refractivity contribution in [3.8, 4) is 0 Å². The van der Waals surface area contributed by atoms with Gasteiger partial charge in [0.05, 0.1) is 11.1 Å². The molecule has 0 saturated heterocycles. The molecule has 0 saturated carbocycles. The lowest BCUT2D eigenvalue weighted by atomic mass is 10.2. The van der Waals surface area contributed by atoms with E-state index in [1.807, 2.05) is 0 Å². The van der Waals surface area contributed by atoms with Crippen molar-refractivity contribution >= 4 is 18.0 Å². The first kappa shape index (κ1) is 12.6. The zero-order valence-corrected chi connectivity index (χ0v) is 9.12. The maximum atomic E-state index is 10.9. The van der Waals surface area contributed by atoms with Crippen molar-refractivity contribution in [2.45, 2.75) is 6.92 Å². The van der Waals surface area contributed by atoms with Gasteiger partial charge in [-0.2, -0.15) is 0 Å². The number of nitro benzene ring substituents is 1. The summed E-state index contributed by atoms with van der Waals surface area (Å²) in [7, 11) is 0. The van der Waals surface area contributed by atoms with Crippen molar-refractivity contribution in [1.82, 2.24) is 5.32 Å². The van der Waals surface area contributed by atoms with Gasteiger partial charge in [-0.15, -0.1) is 0 Å². The minimum atomic E-state index is -0.672. The summed E-state index contributed by atoms with van der Waals surface area (Å²) < 4.78 is 0. The van der Waals surface area contributed by atoms with Crippen LogP contribution in [0, 0.1) is 10.1 Å². The first-order chi connectivity index (χ1) is 8.13. The number of carbonyl (C=O) groups excluding carboxylic acids is 1. The lowest BCUT2D eigenvalue weighted by Crippen LogP contribution is -2.21. The second-order valence-corrected chi connectivity index (χ2v) is 3.00. The highest BCUT2D eigenvalue weighted by atomic mass is 16.7. The number of carbonyl (C=O) groups is 1. The van der Waals surface area contributed by atoms with Gasteiger partial charge >= 0.3 is 6.09 Å². The van der Waals surface area contributed by atoms with Crippen LogP contribution in [-0.2, 0) is 4.84 Å². The lowest BCUT2D eigenvalue weighted by molar-refractivity contribution is -0.384. The molecule has 1 rings (SSSR count). The molecule has 0 atom stereocenters. The van der Waals surface area contributed by atoms with Crippen LogP contribution >= 0.6 is 0 Å². The quantitative estimate of drug-likeness (QED) is 0.373. The van der Waals surface area contributed by atoms with Gasteiger partial charge in [0, 0.05) is 24.2 Å². The Hall–Kier alpha value is -2.44. The maximum absolute atomic E-state index is 10.9. The van der Waals surface area contributed by atoms with Gasteiger partial charge in [-0.3, -0.25) is 15.0 Å². The van der Waals surface area contributed by atoms with E-state index in [0.717, 1.165) is 0 Å². The monoisotopic (exact) mass is 237 g/mol. The minimum absolute atomic E-state index is 0.0491. The molecule has 0 aliphatic carbocycles. The van der Waals surface area contributed by atoms with E-state index in [0.29, 0.717) is 12.1 Å². The van der Waals surface area contributed by atoms with Gasteiger partial charge in [0.15, 0.2) is 0 Å². The smallest absolute Gasteiger partial charge is 0.320 e. The highest BCUT2D eigenvalue weighted by Crippen LogP contribution is 2.11. The average Bonchev–Trinajstić information content (AvgIpc) is 2.30. The van der Waals surface area contributed by atoms with Gasteiger partial charge in [-0.25, -0.2) is 4.79 Å². The second-order valence-electron chi connectivity index (χ2n) is 3.00. The molecule has 1 aromatic carbocycles. The Labute approximate surface area is 97.2 Å². The van der Waals surface area contributed by atoms with Crippen LogP contribution in [0.15, 0.2) is 29.4 Å². The summed E-state index contributed by atoms with van der Waals surface area (Å²) in [5, 5.41) is 16.3. The Morgan fingerprint density at radius 1 is 1.65 bits per heavy atom. The van der Waals surface area contributed by atoms with Crippen molar-refractivity contribution in [2.75, 3.05) is 6.54 Å². The number of oxime groups is 1. The van der Waals surface area contributed by atoms with Gasteiger partial charge in [0.1, 0.15) is 0 Å². The molecule has 90 valence electrons. The van der Waals surface area contributed by atoms with Crippen LogP contribution in [0.4, 0.5) is 10.5 Å². The Morgan fingerprint density at radius 3 is 3.06 bits per heavy atom. The van der Waals surface area contributed by atoms with Crippen LogP contribution in [-0.4, -0.2) is 23.8 Å². The van der Waals surface area contributed by atoms with Crippen LogP contribution in [0.1, 0.15) is 12.5 Å². The molecule has 1 N–H and O–H groups in total. The fourth-order valence-corrected chi connectivity index (χ4v) is 1.03. The van der Waals surface area contributed by atoms with E-state index in [2.05, 4.69) is 15.3 Å². The summed E-state index contributed by atoms with van der Waals surface area (Å²) in [6.45, 7) is 2.18. The molecule has 0 aliphatic rings.